The molecule has 132 heavy (non-hydrogen) atoms. The van der Waals surface area contributed by atoms with Crippen molar-refractivity contribution in [1.82, 2.24) is 19.1 Å². The van der Waals surface area contributed by atoms with Gasteiger partial charge < -0.3 is 18.9 Å². The average Bonchev–Trinajstić information content (AvgIpc) is 1.53. The van der Waals surface area contributed by atoms with Gasteiger partial charge in [-0.2, -0.15) is 0 Å². The van der Waals surface area contributed by atoms with E-state index in [1.54, 1.807) is 0 Å². The van der Waals surface area contributed by atoms with Gasteiger partial charge in [0.25, 0.3) is 0 Å². The number of nitrogens with zero attached hydrogens (tertiary/aromatic N) is 6. The standard InChI is InChI=1S/C123H74N6S3/c1-4-24-79(25-5-1)123(80-26-6-2-7-27-80)105-37-17-10-30-89(105)90-62-57-87(73-106(90)123)127(83-55-48-77(49-56-83)120-102-67-65-98-94-34-16-23-43-114(94)132-122(98)118(102)100-36-12-19-39-108(100)125-120)88-58-63-96-95-61-50-78(70-115(95)130-116(96)74-88)75-44-51-84(52-45-75)129-110-41-21-14-32-92(110)104-72-86(60-69-112(104)129)126(85-59-68-111-103(71-85)91-31-13-20-40-109(91)128(111)81-28-8-3-9-29-81)82-53-46-76(47-54-82)119-101-66-64-97-93-33-15-22-42-113(93)131-121(97)117(101)99-35-11-18-38-107(99)124-119/h1-74H. The molecule has 0 fully saturated rings. The highest BCUT2D eigenvalue weighted by Crippen LogP contribution is 2.59. The fourth-order valence-corrected chi connectivity index (χ4v) is 25.8. The lowest BCUT2D eigenvalue weighted by atomic mass is 9.67. The van der Waals surface area contributed by atoms with Crippen LogP contribution in [0.3, 0.4) is 0 Å². The van der Waals surface area contributed by atoms with Crippen molar-refractivity contribution >= 4 is 216 Å². The van der Waals surface area contributed by atoms with Crippen LogP contribution >= 0.6 is 34.0 Å². The van der Waals surface area contributed by atoms with E-state index in [-0.39, 0.29) is 0 Å². The van der Waals surface area contributed by atoms with E-state index in [1.165, 1.54) is 143 Å². The van der Waals surface area contributed by atoms with E-state index in [1.807, 2.05) is 34.0 Å². The quantitative estimate of drug-likeness (QED) is 0.108. The third kappa shape index (κ3) is 11.3. The zero-order chi connectivity index (χ0) is 86.4. The summed E-state index contributed by atoms with van der Waals surface area (Å²) in [5, 5.41) is 19.5. The van der Waals surface area contributed by atoms with Crippen LogP contribution in [0.25, 0.3) is 204 Å². The second kappa shape index (κ2) is 29.3. The minimum absolute atomic E-state index is 0.593. The van der Waals surface area contributed by atoms with Gasteiger partial charge in [0.05, 0.1) is 49.9 Å². The number of benzene rings is 20. The summed E-state index contributed by atoms with van der Waals surface area (Å²) in [5.74, 6) is 0. The smallest absolute Gasteiger partial charge is 0.0788 e. The van der Waals surface area contributed by atoms with Crippen LogP contribution in [-0.2, 0) is 5.41 Å². The lowest BCUT2D eigenvalue weighted by molar-refractivity contribution is 0.768. The zero-order valence-corrected chi connectivity index (χ0v) is 73.6. The summed E-state index contributed by atoms with van der Waals surface area (Å²) < 4.78 is 12.5. The Morgan fingerprint density at radius 3 is 1.14 bits per heavy atom. The molecule has 1 aliphatic rings. The molecular formula is C123H74N6S3. The Morgan fingerprint density at radius 1 is 0.212 bits per heavy atom. The Kier molecular flexibility index (Phi) is 16.6. The van der Waals surface area contributed by atoms with Crippen molar-refractivity contribution in [3.05, 3.63) is 471 Å². The molecule has 20 aromatic carbocycles. The number of para-hydroxylation sites is 5. The summed E-state index contributed by atoms with van der Waals surface area (Å²) in [4.78, 5) is 15.9. The van der Waals surface area contributed by atoms with Gasteiger partial charge in [-0.25, -0.2) is 9.97 Å². The maximum atomic E-state index is 5.52. The molecule has 0 amide bonds. The van der Waals surface area contributed by atoms with Crippen LogP contribution in [0.2, 0.25) is 0 Å². The van der Waals surface area contributed by atoms with Crippen LogP contribution in [0, 0.1) is 0 Å². The molecule has 28 rings (SSSR count). The molecular weight excluding hydrogens is 1660 g/mol. The van der Waals surface area contributed by atoms with Crippen LogP contribution in [0.15, 0.2) is 449 Å². The van der Waals surface area contributed by atoms with E-state index in [4.69, 9.17) is 9.97 Å². The first-order valence-corrected chi connectivity index (χ1v) is 47.5. The van der Waals surface area contributed by atoms with Gasteiger partial charge in [0.1, 0.15) is 0 Å². The first-order chi connectivity index (χ1) is 65.4. The largest absolute Gasteiger partial charge is 0.310 e. The molecule has 1 aliphatic carbocycles. The summed E-state index contributed by atoms with van der Waals surface area (Å²) in [6, 6.07) is 167. The number of pyridine rings is 2. The van der Waals surface area contributed by atoms with E-state index >= 15 is 0 Å². The normalized spacial score (nSPS) is 12.6. The fraction of sp³-hybridized carbons (Fsp3) is 0.00813. The fourth-order valence-electron chi connectivity index (χ4n) is 22.1. The zero-order valence-electron chi connectivity index (χ0n) is 71.1. The molecule has 27 aromatic rings. The van der Waals surface area contributed by atoms with Gasteiger partial charge in [-0.15, -0.1) is 34.0 Å². The van der Waals surface area contributed by atoms with Crippen molar-refractivity contribution in [2.75, 3.05) is 9.80 Å². The number of rotatable bonds is 13. The summed E-state index contributed by atoms with van der Waals surface area (Å²) in [5.41, 5.74) is 28.4. The number of fused-ring (bicyclic) bond motifs is 26. The van der Waals surface area contributed by atoms with Crippen molar-refractivity contribution in [3.8, 4) is 56.1 Å². The molecule has 0 radical (unpaired) electrons. The van der Waals surface area contributed by atoms with E-state index in [0.717, 1.165) is 117 Å². The number of anilines is 6. The Bertz CT molecular complexity index is 9440. The van der Waals surface area contributed by atoms with Crippen molar-refractivity contribution in [2.45, 2.75) is 5.41 Å². The van der Waals surface area contributed by atoms with Crippen molar-refractivity contribution in [3.63, 3.8) is 0 Å². The highest BCUT2D eigenvalue weighted by molar-refractivity contribution is 7.27. The first kappa shape index (κ1) is 74.7. The number of hydrogen-bond acceptors (Lipinski definition) is 7. The molecule has 0 saturated carbocycles. The SMILES string of the molecule is c1ccc(-n2c3ccccc3c3cc(N(c4ccc(-c5nc6ccccc6c6c5ccc5c7ccccc7sc56)cc4)c4ccc5c(c4)c4ccccc4n5-c4ccc(-c5ccc6c(c5)sc5cc(N(c7ccc(-c8nc9ccccc9c9c8ccc8c%10ccccc%10sc89)cc7)c7ccc8c(c7)C(c7ccccc7)(c7ccccc7)c7ccccc7-8)ccc56)cc4)ccc32)cc1. The first-order valence-electron chi connectivity index (χ1n) is 45.1. The highest BCUT2D eigenvalue weighted by Gasteiger charge is 2.46. The van der Waals surface area contributed by atoms with Crippen LogP contribution in [-0.4, -0.2) is 19.1 Å². The van der Waals surface area contributed by atoms with Gasteiger partial charge in [-0.05, 0) is 196 Å². The molecule has 0 saturated heterocycles. The Labute approximate surface area is 771 Å². The summed E-state index contributed by atoms with van der Waals surface area (Å²) in [6.07, 6.45) is 0. The van der Waals surface area contributed by atoms with E-state index in [9.17, 15) is 0 Å². The molecule has 7 aromatic heterocycles. The molecule has 9 heteroatoms. The minimum atomic E-state index is -0.593. The van der Waals surface area contributed by atoms with Gasteiger partial charge in [-0.3, -0.25) is 0 Å². The molecule has 0 spiro atoms. The van der Waals surface area contributed by atoms with Crippen molar-refractivity contribution in [1.29, 1.82) is 0 Å². The Hall–Kier alpha value is -16.4. The third-order valence-corrected chi connectivity index (χ3v) is 31.5. The highest BCUT2D eigenvalue weighted by atomic mass is 32.1. The number of thiophene rings is 3. The average molecular weight is 1730 g/mol. The number of aromatic nitrogens is 4. The molecule has 7 heterocycles. The van der Waals surface area contributed by atoms with Gasteiger partial charge in [0.2, 0.25) is 0 Å². The maximum Gasteiger partial charge on any atom is 0.0788 e. The van der Waals surface area contributed by atoms with Crippen LogP contribution in [0.5, 0.6) is 0 Å². The summed E-state index contributed by atoms with van der Waals surface area (Å²) in [7, 11) is 0. The third-order valence-electron chi connectivity index (χ3n) is 27.9. The Balaban J connectivity index is 0.547. The van der Waals surface area contributed by atoms with Crippen LogP contribution < -0.4 is 9.80 Å². The maximum absolute atomic E-state index is 5.52. The predicted octanol–water partition coefficient (Wildman–Crippen LogP) is 34.7. The van der Waals surface area contributed by atoms with Crippen molar-refractivity contribution < 1.29 is 0 Å². The van der Waals surface area contributed by atoms with Gasteiger partial charge in [0.15, 0.2) is 0 Å². The molecule has 0 unspecified atom stereocenters. The summed E-state index contributed by atoms with van der Waals surface area (Å²) in [6.45, 7) is 0. The van der Waals surface area contributed by atoms with Crippen molar-refractivity contribution in [2.24, 2.45) is 0 Å². The monoisotopic (exact) mass is 1730 g/mol. The molecule has 0 aliphatic heterocycles. The van der Waals surface area contributed by atoms with Gasteiger partial charge >= 0.3 is 0 Å². The lowest BCUT2D eigenvalue weighted by Gasteiger charge is -2.35. The van der Waals surface area contributed by atoms with E-state index < -0.39 is 5.41 Å². The molecule has 0 bridgehead atoms. The van der Waals surface area contributed by atoms with Gasteiger partial charge in [0, 0.05) is 171 Å². The van der Waals surface area contributed by atoms with Crippen LogP contribution in [0.1, 0.15) is 22.3 Å². The van der Waals surface area contributed by atoms with Gasteiger partial charge in [-0.1, -0.05) is 297 Å². The van der Waals surface area contributed by atoms with Crippen LogP contribution in [0.4, 0.5) is 34.1 Å². The second-order valence-corrected chi connectivity index (χ2v) is 38.1. The summed E-state index contributed by atoms with van der Waals surface area (Å²) >= 11 is 5.62. The topological polar surface area (TPSA) is 42.1 Å². The van der Waals surface area contributed by atoms with E-state index in [0.29, 0.717) is 0 Å². The predicted molar refractivity (Wildman–Crippen MR) is 562 cm³/mol. The second-order valence-electron chi connectivity index (χ2n) is 34.9. The molecule has 614 valence electrons. The Morgan fingerprint density at radius 2 is 0.583 bits per heavy atom. The number of hydrogen-bond donors (Lipinski definition) is 0. The minimum Gasteiger partial charge on any atom is -0.310 e. The molecule has 0 atom stereocenters. The lowest BCUT2D eigenvalue weighted by Crippen LogP contribution is -2.28. The molecule has 6 nitrogen and oxygen atoms in total. The van der Waals surface area contributed by atoms with E-state index in [2.05, 4.69) is 468 Å². The molecule has 0 N–H and O–H groups in total.